The molecular formula is C19H20FIN2O3. The van der Waals surface area contributed by atoms with E-state index in [9.17, 15) is 14.3 Å². The Balaban J connectivity index is 1.75. The number of aliphatic hydroxyl groups excluding tert-OH is 1. The number of amides is 1. The van der Waals surface area contributed by atoms with Crippen LogP contribution in [0.25, 0.3) is 0 Å². The second kappa shape index (κ2) is 8.32. The zero-order valence-electron chi connectivity index (χ0n) is 14.3. The molecule has 7 heteroatoms. The van der Waals surface area contributed by atoms with Gasteiger partial charge in [0.1, 0.15) is 5.82 Å². The number of carbonyl (C=O) groups is 1. The Kier molecular flexibility index (Phi) is 6.10. The van der Waals surface area contributed by atoms with Crippen LogP contribution in [0.2, 0.25) is 0 Å². The molecule has 26 heavy (non-hydrogen) atoms. The third-order valence-electron chi connectivity index (χ3n) is 4.51. The third kappa shape index (κ3) is 4.52. The van der Waals surface area contributed by atoms with Crippen molar-refractivity contribution in [1.82, 2.24) is 5.48 Å². The first-order valence-corrected chi connectivity index (χ1v) is 9.48. The van der Waals surface area contributed by atoms with Crippen molar-refractivity contribution in [3.8, 4) is 0 Å². The maximum atomic E-state index is 13.7. The van der Waals surface area contributed by atoms with Crippen LogP contribution >= 0.6 is 22.6 Å². The molecule has 138 valence electrons. The summed E-state index contributed by atoms with van der Waals surface area (Å²) in [4.78, 5) is 17.5. The monoisotopic (exact) mass is 470 g/mol. The Bertz CT molecular complexity index is 811. The first-order chi connectivity index (χ1) is 12.4. The van der Waals surface area contributed by atoms with Crippen molar-refractivity contribution in [2.24, 2.45) is 5.92 Å². The Morgan fingerprint density at radius 2 is 2.04 bits per heavy atom. The SMILES string of the molecule is Cc1cc(I)ccc1Nc1cc(F)ccc1C(=O)NOC(O)C1CCC1. The van der Waals surface area contributed by atoms with E-state index < -0.39 is 18.0 Å². The van der Waals surface area contributed by atoms with Crippen molar-refractivity contribution in [3.05, 3.63) is 56.9 Å². The minimum absolute atomic E-state index is 0.0514. The lowest BCUT2D eigenvalue weighted by Crippen LogP contribution is -2.36. The van der Waals surface area contributed by atoms with Crippen molar-refractivity contribution in [1.29, 1.82) is 0 Å². The van der Waals surface area contributed by atoms with Crippen LogP contribution in [0.15, 0.2) is 36.4 Å². The standard InChI is InChI=1S/C19H20FIN2O3/c1-11-9-14(21)6-8-16(11)22-17-10-13(20)5-7-15(17)18(24)23-26-19(25)12-3-2-4-12/h5-10,12,19,22,25H,2-4H2,1H3,(H,23,24). The molecule has 1 atom stereocenters. The van der Waals surface area contributed by atoms with E-state index in [1.54, 1.807) is 0 Å². The molecule has 3 rings (SSSR count). The lowest BCUT2D eigenvalue weighted by atomic mass is 9.85. The highest BCUT2D eigenvalue weighted by molar-refractivity contribution is 14.1. The molecule has 1 aliphatic carbocycles. The summed E-state index contributed by atoms with van der Waals surface area (Å²) in [5.74, 6) is -0.952. The Hall–Kier alpha value is -1.71. The molecule has 1 aliphatic rings. The average molecular weight is 470 g/mol. The number of rotatable bonds is 6. The molecular weight excluding hydrogens is 450 g/mol. The van der Waals surface area contributed by atoms with Gasteiger partial charge in [-0.2, -0.15) is 0 Å². The van der Waals surface area contributed by atoms with Gasteiger partial charge in [-0.25, -0.2) is 14.7 Å². The molecule has 0 aliphatic heterocycles. The number of aryl methyl sites for hydroxylation is 1. The maximum absolute atomic E-state index is 13.7. The number of carbonyl (C=O) groups excluding carboxylic acids is 1. The second-order valence-corrected chi connectivity index (χ2v) is 7.65. The van der Waals surface area contributed by atoms with Gasteiger partial charge in [0.2, 0.25) is 0 Å². The maximum Gasteiger partial charge on any atom is 0.277 e. The van der Waals surface area contributed by atoms with Crippen molar-refractivity contribution >= 4 is 39.9 Å². The molecule has 1 saturated carbocycles. The number of anilines is 2. The summed E-state index contributed by atoms with van der Waals surface area (Å²) >= 11 is 2.21. The van der Waals surface area contributed by atoms with Gasteiger partial charge in [0.25, 0.3) is 5.91 Å². The van der Waals surface area contributed by atoms with Crippen molar-refractivity contribution in [2.75, 3.05) is 5.32 Å². The van der Waals surface area contributed by atoms with Crippen LogP contribution in [-0.4, -0.2) is 17.3 Å². The van der Waals surface area contributed by atoms with Gasteiger partial charge in [-0.1, -0.05) is 6.42 Å². The summed E-state index contributed by atoms with van der Waals surface area (Å²) in [5, 5.41) is 13.0. The van der Waals surface area contributed by atoms with Gasteiger partial charge in [-0.3, -0.25) is 4.79 Å². The summed E-state index contributed by atoms with van der Waals surface area (Å²) in [7, 11) is 0. The molecule has 0 spiro atoms. The Morgan fingerprint density at radius 3 is 2.69 bits per heavy atom. The molecule has 5 nitrogen and oxygen atoms in total. The number of hydroxylamine groups is 1. The molecule has 3 N–H and O–H groups in total. The fraction of sp³-hybridized carbons (Fsp3) is 0.316. The number of benzene rings is 2. The van der Waals surface area contributed by atoms with Crippen LogP contribution in [-0.2, 0) is 4.84 Å². The van der Waals surface area contributed by atoms with Crippen LogP contribution in [0.1, 0.15) is 35.2 Å². The van der Waals surface area contributed by atoms with Gasteiger partial charge in [-0.05, 0) is 84.3 Å². The van der Waals surface area contributed by atoms with Crippen molar-refractivity contribution in [3.63, 3.8) is 0 Å². The predicted molar refractivity (Wildman–Crippen MR) is 105 cm³/mol. The summed E-state index contributed by atoms with van der Waals surface area (Å²) < 4.78 is 14.8. The third-order valence-corrected chi connectivity index (χ3v) is 5.18. The highest BCUT2D eigenvalue weighted by atomic mass is 127. The van der Waals surface area contributed by atoms with Crippen LogP contribution in [0.3, 0.4) is 0 Å². The number of nitrogens with one attached hydrogen (secondary N) is 2. The summed E-state index contributed by atoms with van der Waals surface area (Å²) in [6, 6.07) is 9.64. The molecule has 0 aromatic heterocycles. The topological polar surface area (TPSA) is 70.6 Å². The fourth-order valence-electron chi connectivity index (χ4n) is 2.72. The first-order valence-electron chi connectivity index (χ1n) is 8.41. The van der Waals surface area contributed by atoms with Gasteiger partial charge in [0.05, 0.1) is 11.3 Å². The highest BCUT2D eigenvalue weighted by Crippen LogP contribution is 2.30. The lowest BCUT2D eigenvalue weighted by Gasteiger charge is -2.29. The summed E-state index contributed by atoms with van der Waals surface area (Å²) in [5.41, 5.74) is 4.57. The first kappa shape index (κ1) is 19.1. The van der Waals surface area contributed by atoms with Gasteiger partial charge >= 0.3 is 0 Å². The number of halogens is 2. The van der Waals surface area contributed by atoms with Gasteiger partial charge < -0.3 is 10.4 Å². The molecule has 1 unspecified atom stereocenters. The molecule has 2 aromatic carbocycles. The Labute approximate surface area is 165 Å². The van der Waals surface area contributed by atoms with Crippen molar-refractivity contribution < 1.29 is 19.1 Å². The summed E-state index contributed by atoms with van der Waals surface area (Å²) in [6.45, 7) is 1.93. The van der Waals surface area contributed by atoms with E-state index in [4.69, 9.17) is 4.84 Å². The van der Waals surface area contributed by atoms with Gasteiger partial charge in [0.15, 0.2) is 6.29 Å². The molecule has 2 aromatic rings. The minimum atomic E-state index is -1.02. The van der Waals surface area contributed by atoms with Crippen LogP contribution in [0.5, 0.6) is 0 Å². The van der Waals surface area contributed by atoms with E-state index in [-0.39, 0.29) is 11.5 Å². The Morgan fingerprint density at radius 1 is 1.27 bits per heavy atom. The van der Waals surface area contributed by atoms with E-state index >= 15 is 0 Å². The molecule has 0 saturated heterocycles. The smallest absolute Gasteiger partial charge is 0.277 e. The van der Waals surface area contributed by atoms with Crippen LogP contribution < -0.4 is 10.8 Å². The van der Waals surface area contributed by atoms with Crippen LogP contribution in [0, 0.1) is 22.2 Å². The zero-order chi connectivity index (χ0) is 18.7. The van der Waals surface area contributed by atoms with E-state index in [0.717, 1.165) is 34.1 Å². The second-order valence-electron chi connectivity index (χ2n) is 6.40. The molecule has 0 heterocycles. The predicted octanol–water partition coefficient (Wildman–Crippen LogP) is 4.26. The number of aliphatic hydroxyl groups is 1. The fourth-order valence-corrected chi connectivity index (χ4v) is 3.37. The summed E-state index contributed by atoms with van der Waals surface area (Å²) in [6.07, 6.45) is 1.79. The largest absolute Gasteiger partial charge is 0.366 e. The van der Waals surface area contributed by atoms with Gasteiger partial charge in [-0.15, -0.1) is 0 Å². The lowest BCUT2D eigenvalue weighted by molar-refractivity contribution is -0.178. The zero-order valence-corrected chi connectivity index (χ0v) is 16.4. The van der Waals surface area contributed by atoms with E-state index in [2.05, 4.69) is 33.4 Å². The normalized spacial score (nSPS) is 15.2. The van der Waals surface area contributed by atoms with E-state index in [1.807, 2.05) is 25.1 Å². The quantitative estimate of drug-likeness (QED) is 0.335. The van der Waals surface area contributed by atoms with E-state index in [0.29, 0.717) is 5.69 Å². The molecule has 1 fully saturated rings. The number of hydrogen-bond acceptors (Lipinski definition) is 4. The average Bonchev–Trinajstić information content (AvgIpc) is 2.54. The molecule has 1 amide bonds. The van der Waals surface area contributed by atoms with E-state index in [1.165, 1.54) is 18.2 Å². The van der Waals surface area contributed by atoms with Gasteiger partial charge in [0, 0.05) is 15.2 Å². The highest BCUT2D eigenvalue weighted by Gasteiger charge is 2.27. The molecule has 0 bridgehead atoms. The minimum Gasteiger partial charge on any atom is -0.366 e. The van der Waals surface area contributed by atoms with Crippen molar-refractivity contribution in [2.45, 2.75) is 32.5 Å². The molecule has 0 radical (unpaired) electrons. The van der Waals surface area contributed by atoms with Crippen LogP contribution in [0.4, 0.5) is 15.8 Å². The number of hydrogen-bond donors (Lipinski definition) is 3.